The van der Waals surface area contributed by atoms with Crippen molar-refractivity contribution in [3.05, 3.63) is 40.7 Å². The van der Waals surface area contributed by atoms with Gasteiger partial charge in [-0.05, 0) is 29.2 Å². The third kappa shape index (κ3) is 2.59. The number of imidazole rings is 1. The summed E-state index contributed by atoms with van der Waals surface area (Å²) >= 11 is 0. The molecule has 0 saturated heterocycles. The molecule has 0 bridgehead atoms. The fourth-order valence-electron chi connectivity index (χ4n) is 1.85. The predicted octanol–water partition coefficient (Wildman–Crippen LogP) is 2.38. The van der Waals surface area contributed by atoms with E-state index in [4.69, 9.17) is 10.00 Å². The molecule has 0 N–H and O–H groups in total. The van der Waals surface area contributed by atoms with Crippen LogP contribution in [0.4, 0.5) is 5.82 Å². The first-order valence-electron chi connectivity index (χ1n) is 5.88. The molecular weight excluding hydrogens is 260 g/mol. The molecule has 0 fully saturated rings. The van der Waals surface area contributed by atoms with Crippen LogP contribution in [0.25, 0.3) is 11.3 Å². The van der Waals surface area contributed by atoms with Crippen molar-refractivity contribution in [2.45, 2.75) is 13.0 Å². The fraction of sp³-hybridized carbons (Fsp3) is 0.231. The quantitative estimate of drug-likeness (QED) is 0.615. The molecule has 1 heterocycles. The van der Waals surface area contributed by atoms with Crippen molar-refractivity contribution < 1.29 is 9.66 Å². The highest BCUT2D eigenvalue weighted by atomic mass is 16.6. The van der Waals surface area contributed by atoms with Gasteiger partial charge in [-0.25, -0.2) is 9.55 Å². The number of hydrogen-bond acceptors (Lipinski definition) is 5. The molecule has 0 aliphatic rings. The first-order chi connectivity index (χ1) is 9.67. The maximum absolute atomic E-state index is 11.2. The molecule has 2 rings (SSSR count). The predicted molar refractivity (Wildman–Crippen MR) is 71.1 cm³/mol. The number of nitro groups is 1. The van der Waals surface area contributed by atoms with E-state index in [9.17, 15) is 10.1 Å². The minimum Gasteiger partial charge on any atom is -0.497 e. The van der Waals surface area contributed by atoms with Crippen LogP contribution in [-0.4, -0.2) is 21.6 Å². The Morgan fingerprint density at radius 3 is 2.70 bits per heavy atom. The van der Waals surface area contributed by atoms with Crippen molar-refractivity contribution in [2.24, 2.45) is 0 Å². The molecule has 0 saturated carbocycles. The lowest BCUT2D eigenvalue weighted by atomic mass is 10.1. The molecule has 0 unspecified atom stereocenters. The third-order valence-electron chi connectivity index (χ3n) is 2.81. The average Bonchev–Trinajstić information content (AvgIpc) is 2.89. The van der Waals surface area contributed by atoms with E-state index in [1.165, 1.54) is 10.9 Å². The molecule has 20 heavy (non-hydrogen) atoms. The molecule has 0 aliphatic carbocycles. The van der Waals surface area contributed by atoms with Crippen LogP contribution in [0.1, 0.15) is 6.42 Å². The van der Waals surface area contributed by atoms with E-state index in [1.54, 1.807) is 31.4 Å². The van der Waals surface area contributed by atoms with Crippen molar-refractivity contribution in [1.29, 1.82) is 5.26 Å². The molecule has 2 aromatic rings. The van der Waals surface area contributed by atoms with Gasteiger partial charge in [0, 0.05) is 5.56 Å². The fourth-order valence-corrected chi connectivity index (χ4v) is 1.85. The van der Waals surface area contributed by atoms with Gasteiger partial charge < -0.3 is 14.9 Å². The van der Waals surface area contributed by atoms with Gasteiger partial charge in [-0.15, -0.1) is 0 Å². The lowest BCUT2D eigenvalue weighted by Gasteiger charge is -2.03. The summed E-state index contributed by atoms with van der Waals surface area (Å²) in [6, 6.07) is 8.81. The molecule has 102 valence electrons. The highest BCUT2D eigenvalue weighted by Crippen LogP contribution is 2.29. The first kappa shape index (κ1) is 13.5. The monoisotopic (exact) mass is 272 g/mol. The maximum Gasteiger partial charge on any atom is 0.350 e. The van der Waals surface area contributed by atoms with E-state index in [2.05, 4.69) is 4.98 Å². The van der Waals surface area contributed by atoms with E-state index in [0.717, 1.165) is 0 Å². The Morgan fingerprint density at radius 1 is 1.45 bits per heavy atom. The Hall–Kier alpha value is -2.88. The second kappa shape index (κ2) is 5.84. The number of hydrogen-bond donors (Lipinski definition) is 0. The first-order valence-corrected chi connectivity index (χ1v) is 5.88. The van der Waals surface area contributed by atoms with Crippen molar-refractivity contribution in [2.75, 3.05) is 7.11 Å². The summed E-state index contributed by atoms with van der Waals surface area (Å²) in [5, 5.41) is 19.8. The van der Waals surface area contributed by atoms with E-state index >= 15 is 0 Å². The van der Waals surface area contributed by atoms with Gasteiger partial charge in [-0.3, -0.25) is 0 Å². The summed E-state index contributed by atoms with van der Waals surface area (Å²) in [6.45, 7) is 0.246. The van der Waals surface area contributed by atoms with Crippen molar-refractivity contribution in [3.63, 3.8) is 0 Å². The zero-order valence-electron chi connectivity index (χ0n) is 10.8. The largest absolute Gasteiger partial charge is 0.497 e. The molecule has 0 amide bonds. The second-order valence-corrected chi connectivity index (χ2v) is 4.00. The van der Waals surface area contributed by atoms with Crippen LogP contribution in [0.3, 0.4) is 0 Å². The Labute approximate surface area is 115 Å². The molecule has 0 spiro atoms. The molecule has 1 aromatic carbocycles. The smallest absolute Gasteiger partial charge is 0.350 e. The normalized spacial score (nSPS) is 10.0. The molecule has 0 atom stereocenters. The van der Waals surface area contributed by atoms with Gasteiger partial charge in [0.1, 0.15) is 12.3 Å². The number of nitriles is 1. The SMILES string of the molecule is COc1ccc(-c2ncn(CCC#N)c2[N+](=O)[O-])cc1. The summed E-state index contributed by atoms with van der Waals surface area (Å²) in [5.41, 5.74) is 0.920. The maximum atomic E-state index is 11.2. The molecular formula is C13H12N4O3. The summed E-state index contributed by atoms with van der Waals surface area (Å²) in [6.07, 6.45) is 1.58. The summed E-state index contributed by atoms with van der Waals surface area (Å²) in [5.74, 6) is 0.561. The summed E-state index contributed by atoms with van der Waals surface area (Å²) < 4.78 is 6.42. The van der Waals surface area contributed by atoms with Crippen LogP contribution in [0.2, 0.25) is 0 Å². The van der Waals surface area contributed by atoms with Gasteiger partial charge in [0.05, 0.1) is 19.6 Å². The van der Waals surface area contributed by atoms with Crippen molar-refractivity contribution >= 4 is 5.82 Å². The van der Waals surface area contributed by atoms with Crippen LogP contribution in [0, 0.1) is 21.4 Å². The Kier molecular flexibility index (Phi) is 3.96. The minimum absolute atomic E-state index is 0.106. The Bertz CT molecular complexity index is 655. The summed E-state index contributed by atoms with van der Waals surface area (Å²) in [4.78, 5) is 14.8. The highest BCUT2D eigenvalue weighted by molar-refractivity contribution is 5.68. The van der Waals surface area contributed by atoms with Gasteiger partial charge in [-0.2, -0.15) is 5.26 Å². The van der Waals surface area contributed by atoms with E-state index < -0.39 is 4.92 Å². The lowest BCUT2D eigenvalue weighted by molar-refractivity contribution is -0.391. The zero-order chi connectivity index (χ0) is 14.5. The number of aryl methyl sites for hydroxylation is 1. The Morgan fingerprint density at radius 2 is 2.15 bits per heavy atom. The van der Waals surface area contributed by atoms with Crippen LogP contribution in [-0.2, 0) is 6.54 Å². The average molecular weight is 272 g/mol. The molecule has 1 aromatic heterocycles. The van der Waals surface area contributed by atoms with Gasteiger partial charge in [0.25, 0.3) is 0 Å². The van der Waals surface area contributed by atoms with Crippen molar-refractivity contribution in [1.82, 2.24) is 9.55 Å². The van der Waals surface area contributed by atoms with Crippen LogP contribution < -0.4 is 4.74 Å². The number of nitrogens with zero attached hydrogens (tertiary/aromatic N) is 4. The van der Waals surface area contributed by atoms with E-state index in [0.29, 0.717) is 11.3 Å². The topological polar surface area (TPSA) is 94.0 Å². The van der Waals surface area contributed by atoms with E-state index in [1.807, 2.05) is 6.07 Å². The lowest BCUT2D eigenvalue weighted by Crippen LogP contribution is -2.02. The zero-order valence-corrected chi connectivity index (χ0v) is 10.8. The number of aromatic nitrogens is 2. The Balaban J connectivity index is 2.42. The molecule has 0 radical (unpaired) electrons. The second-order valence-electron chi connectivity index (χ2n) is 4.00. The van der Waals surface area contributed by atoms with Crippen LogP contribution in [0.15, 0.2) is 30.6 Å². The highest BCUT2D eigenvalue weighted by Gasteiger charge is 2.22. The van der Waals surface area contributed by atoms with Crippen LogP contribution >= 0.6 is 0 Å². The molecule has 7 heteroatoms. The number of ether oxygens (including phenoxy) is 1. The number of methoxy groups -OCH3 is 1. The van der Waals surface area contributed by atoms with Gasteiger partial charge in [0.2, 0.25) is 0 Å². The number of benzene rings is 1. The van der Waals surface area contributed by atoms with E-state index in [-0.39, 0.29) is 24.5 Å². The molecule has 7 nitrogen and oxygen atoms in total. The van der Waals surface area contributed by atoms with Gasteiger partial charge in [0.15, 0.2) is 12.0 Å². The summed E-state index contributed by atoms with van der Waals surface area (Å²) in [7, 11) is 1.55. The molecule has 0 aliphatic heterocycles. The number of rotatable bonds is 5. The standard InChI is InChI=1S/C13H12N4O3/c1-20-11-5-3-10(4-6-11)12-13(17(18)19)16(9-15-12)8-2-7-14/h3-6,9H,2,8H2,1H3. The van der Waals surface area contributed by atoms with Gasteiger partial charge in [-0.1, -0.05) is 0 Å². The minimum atomic E-state index is -0.482. The van der Waals surface area contributed by atoms with Gasteiger partial charge >= 0.3 is 5.82 Å². The van der Waals surface area contributed by atoms with Crippen LogP contribution in [0.5, 0.6) is 5.75 Å². The van der Waals surface area contributed by atoms with Crippen molar-refractivity contribution in [3.8, 4) is 23.1 Å². The third-order valence-corrected chi connectivity index (χ3v) is 2.81.